The Morgan fingerprint density at radius 2 is 1.93 bits per heavy atom. The van der Waals surface area contributed by atoms with Crippen LogP contribution in [0.25, 0.3) is 10.6 Å². The zero-order valence-corrected chi connectivity index (χ0v) is 16.0. The van der Waals surface area contributed by atoms with Crippen molar-refractivity contribution in [2.75, 3.05) is 13.2 Å². The largest absolute Gasteiger partial charge is 0.486 e. The Balaban J connectivity index is 1.47. The number of nitrogens with zero attached hydrogens (tertiary/aromatic N) is 2. The van der Waals surface area contributed by atoms with Gasteiger partial charge >= 0.3 is 0 Å². The standard InChI is InChI=1S/C21H17N3O3S/c1-13(15-4-2-14(11-22)3-5-15)23-20(25)17-12-28-21(24-17)16-6-7-18-19(10-16)27-9-8-26-18/h2-7,10,12-13H,8-9H2,1H3,(H,23,25). The van der Waals surface area contributed by atoms with Gasteiger partial charge in [0, 0.05) is 10.9 Å². The first-order valence-electron chi connectivity index (χ1n) is 8.80. The van der Waals surface area contributed by atoms with Crippen molar-refractivity contribution in [3.8, 4) is 28.1 Å². The molecule has 1 N–H and O–H groups in total. The monoisotopic (exact) mass is 391 g/mol. The van der Waals surface area contributed by atoms with Crippen molar-refractivity contribution >= 4 is 17.2 Å². The summed E-state index contributed by atoms with van der Waals surface area (Å²) in [6, 6.07) is 14.7. The van der Waals surface area contributed by atoms with E-state index >= 15 is 0 Å². The van der Waals surface area contributed by atoms with E-state index in [1.807, 2.05) is 37.3 Å². The number of aromatic nitrogens is 1. The molecule has 0 fully saturated rings. The molecule has 0 spiro atoms. The molecule has 28 heavy (non-hydrogen) atoms. The summed E-state index contributed by atoms with van der Waals surface area (Å²) in [6.45, 7) is 2.97. The molecule has 7 heteroatoms. The number of rotatable bonds is 4. The zero-order valence-electron chi connectivity index (χ0n) is 15.1. The number of thiazole rings is 1. The van der Waals surface area contributed by atoms with Crippen molar-refractivity contribution < 1.29 is 14.3 Å². The molecule has 0 saturated carbocycles. The second kappa shape index (κ2) is 7.71. The van der Waals surface area contributed by atoms with E-state index in [4.69, 9.17) is 14.7 Å². The lowest BCUT2D eigenvalue weighted by atomic mass is 10.1. The van der Waals surface area contributed by atoms with Crippen LogP contribution in [-0.4, -0.2) is 24.1 Å². The van der Waals surface area contributed by atoms with E-state index in [2.05, 4.69) is 16.4 Å². The van der Waals surface area contributed by atoms with Crippen LogP contribution < -0.4 is 14.8 Å². The molecule has 1 unspecified atom stereocenters. The van der Waals surface area contributed by atoms with E-state index in [0.717, 1.165) is 21.9 Å². The smallest absolute Gasteiger partial charge is 0.271 e. The molecule has 6 nitrogen and oxygen atoms in total. The average molecular weight is 391 g/mol. The summed E-state index contributed by atoms with van der Waals surface area (Å²) in [6.07, 6.45) is 0. The van der Waals surface area contributed by atoms with Crippen molar-refractivity contribution in [3.63, 3.8) is 0 Å². The van der Waals surface area contributed by atoms with Gasteiger partial charge in [0.05, 0.1) is 17.7 Å². The highest BCUT2D eigenvalue weighted by Gasteiger charge is 2.17. The van der Waals surface area contributed by atoms with Crippen molar-refractivity contribution in [1.82, 2.24) is 10.3 Å². The van der Waals surface area contributed by atoms with Gasteiger partial charge < -0.3 is 14.8 Å². The number of ether oxygens (including phenoxy) is 2. The molecule has 1 aromatic heterocycles. The normalized spacial score (nSPS) is 13.4. The average Bonchev–Trinajstić information content (AvgIpc) is 3.24. The molecule has 0 bridgehead atoms. The van der Waals surface area contributed by atoms with Gasteiger partial charge in [0.15, 0.2) is 11.5 Å². The molecule has 1 aliphatic rings. The topological polar surface area (TPSA) is 84.2 Å². The fourth-order valence-corrected chi connectivity index (χ4v) is 3.68. The van der Waals surface area contributed by atoms with Crippen LogP contribution in [0.2, 0.25) is 0 Å². The van der Waals surface area contributed by atoms with E-state index < -0.39 is 0 Å². The van der Waals surface area contributed by atoms with Crippen molar-refractivity contribution in [1.29, 1.82) is 5.26 Å². The Bertz CT molecular complexity index is 1050. The second-order valence-electron chi connectivity index (χ2n) is 6.33. The second-order valence-corrected chi connectivity index (χ2v) is 7.18. The molecule has 4 rings (SSSR count). The number of amides is 1. The first-order valence-corrected chi connectivity index (χ1v) is 9.68. The SMILES string of the molecule is CC(NC(=O)c1csc(-c2ccc3c(c2)OCCO3)n1)c1ccc(C#N)cc1. The number of nitrogens with one attached hydrogen (secondary N) is 1. The highest BCUT2D eigenvalue weighted by Crippen LogP contribution is 2.35. The molecular weight excluding hydrogens is 374 g/mol. The molecule has 1 amide bonds. The highest BCUT2D eigenvalue weighted by molar-refractivity contribution is 7.13. The number of carbonyl (C=O) groups excluding carboxylic acids is 1. The maximum absolute atomic E-state index is 12.6. The third kappa shape index (κ3) is 3.68. The van der Waals surface area contributed by atoms with Gasteiger partial charge in [0.2, 0.25) is 0 Å². The van der Waals surface area contributed by atoms with Gasteiger partial charge in [0.1, 0.15) is 23.9 Å². The van der Waals surface area contributed by atoms with Crippen LogP contribution in [0.1, 0.15) is 34.6 Å². The van der Waals surface area contributed by atoms with E-state index in [9.17, 15) is 4.79 Å². The van der Waals surface area contributed by atoms with Gasteiger partial charge in [-0.2, -0.15) is 5.26 Å². The lowest BCUT2D eigenvalue weighted by Crippen LogP contribution is -2.26. The Hall–Kier alpha value is -3.37. The van der Waals surface area contributed by atoms with E-state index in [0.29, 0.717) is 30.2 Å². The third-order valence-electron chi connectivity index (χ3n) is 4.41. The summed E-state index contributed by atoms with van der Waals surface area (Å²) in [5, 5.41) is 14.3. The van der Waals surface area contributed by atoms with Gasteiger partial charge in [-0.15, -0.1) is 11.3 Å². The van der Waals surface area contributed by atoms with Crippen LogP contribution in [-0.2, 0) is 0 Å². The third-order valence-corrected chi connectivity index (χ3v) is 5.30. The van der Waals surface area contributed by atoms with Gasteiger partial charge in [-0.3, -0.25) is 4.79 Å². The van der Waals surface area contributed by atoms with Crippen LogP contribution in [0.4, 0.5) is 0 Å². The number of carbonyl (C=O) groups is 1. The molecule has 3 aromatic rings. The number of fused-ring (bicyclic) bond motifs is 1. The first-order chi connectivity index (χ1) is 13.6. The van der Waals surface area contributed by atoms with Gasteiger partial charge in [-0.25, -0.2) is 4.98 Å². The summed E-state index contributed by atoms with van der Waals surface area (Å²) in [5.74, 6) is 1.18. The van der Waals surface area contributed by atoms with E-state index in [1.54, 1.807) is 17.5 Å². The summed E-state index contributed by atoms with van der Waals surface area (Å²) < 4.78 is 11.1. The molecule has 0 aliphatic carbocycles. The lowest BCUT2D eigenvalue weighted by Gasteiger charge is -2.18. The maximum atomic E-state index is 12.6. The van der Waals surface area contributed by atoms with Gasteiger partial charge in [0.25, 0.3) is 5.91 Å². The van der Waals surface area contributed by atoms with Crippen LogP contribution in [0.5, 0.6) is 11.5 Å². The number of benzene rings is 2. The molecule has 1 aliphatic heterocycles. The summed E-state index contributed by atoms with van der Waals surface area (Å²) >= 11 is 1.41. The zero-order chi connectivity index (χ0) is 19.5. The molecule has 0 radical (unpaired) electrons. The molecule has 0 saturated heterocycles. The molecular formula is C21H17N3O3S. The predicted molar refractivity (Wildman–Crippen MR) is 106 cm³/mol. The maximum Gasteiger partial charge on any atom is 0.271 e. The fraction of sp³-hybridized carbons (Fsp3) is 0.190. The Morgan fingerprint density at radius 3 is 2.68 bits per heavy atom. The van der Waals surface area contributed by atoms with Crippen molar-refractivity contribution in [3.05, 3.63) is 64.7 Å². The van der Waals surface area contributed by atoms with E-state index in [-0.39, 0.29) is 11.9 Å². The lowest BCUT2D eigenvalue weighted by molar-refractivity contribution is 0.0935. The molecule has 140 valence electrons. The minimum Gasteiger partial charge on any atom is -0.486 e. The number of nitriles is 1. The highest BCUT2D eigenvalue weighted by atomic mass is 32.1. The van der Waals surface area contributed by atoms with Gasteiger partial charge in [-0.1, -0.05) is 12.1 Å². The van der Waals surface area contributed by atoms with Gasteiger partial charge in [-0.05, 0) is 42.8 Å². The minimum atomic E-state index is -0.239. The minimum absolute atomic E-state index is 0.195. The predicted octanol–water partition coefficient (Wildman–Crippen LogP) is 3.94. The summed E-state index contributed by atoms with van der Waals surface area (Å²) in [5.41, 5.74) is 2.77. The van der Waals surface area contributed by atoms with Crippen LogP contribution in [0.15, 0.2) is 47.8 Å². The Kier molecular flexibility index (Phi) is 4.96. The molecule has 2 aromatic carbocycles. The number of hydrogen-bond donors (Lipinski definition) is 1. The quantitative estimate of drug-likeness (QED) is 0.728. The molecule has 1 atom stereocenters. The summed E-state index contributed by atoms with van der Waals surface area (Å²) in [7, 11) is 0. The van der Waals surface area contributed by atoms with Crippen molar-refractivity contribution in [2.24, 2.45) is 0 Å². The first kappa shape index (κ1) is 18.0. The Morgan fingerprint density at radius 1 is 1.18 bits per heavy atom. The fourth-order valence-electron chi connectivity index (χ4n) is 2.89. The van der Waals surface area contributed by atoms with Crippen molar-refractivity contribution in [2.45, 2.75) is 13.0 Å². The van der Waals surface area contributed by atoms with Crippen LogP contribution in [0.3, 0.4) is 0 Å². The number of hydrogen-bond acceptors (Lipinski definition) is 6. The Labute approximate surface area is 166 Å². The van der Waals surface area contributed by atoms with E-state index in [1.165, 1.54) is 11.3 Å². The van der Waals surface area contributed by atoms with Crippen LogP contribution in [0, 0.1) is 11.3 Å². The van der Waals surface area contributed by atoms with Crippen LogP contribution >= 0.6 is 11.3 Å². The summed E-state index contributed by atoms with van der Waals surface area (Å²) in [4.78, 5) is 17.0. The molecule has 2 heterocycles.